The average Bonchev–Trinajstić information content (AvgIpc) is 3.04. The highest BCUT2D eigenvalue weighted by Crippen LogP contribution is 2.29. The van der Waals surface area contributed by atoms with E-state index in [0.717, 1.165) is 20.8 Å². The molecule has 0 bridgehead atoms. The number of aromatic nitrogens is 1. The number of thioether (sulfide) groups is 1. The zero-order valence-corrected chi connectivity index (χ0v) is 18.6. The van der Waals surface area contributed by atoms with E-state index in [4.69, 9.17) is 0 Å². The van der Waals surface area contributed by atoms with E-state index >= 15 is 0 Å². The van der Waals surface area contributed by atoms with Gasteiger partial charge in [-0.3, -0.25) is 9.59 Å². The first-order valence-corrected chi connectivity index (χ1v) is 11.1. The van der Waals surface area contributed by atoms with E-state index in [1.807, 2.05) is 76.2 Å². The fourth-order valence-electron chi connectivity index (χ4n) is 2.69. The standard InChI is InChI=1S/C22H25N3O2S2/c1-14(20(27)25-21-24-17-7-5-6-8-18(17)29-21)28-16-11-9-15(10-12-16)23-19(26)13-22(2,3)4/h5-12,14H,13H2,1-4H3,(H,23,26)(H,24,25,27). The minimum Gasteiger partial charge on any atom is -0.326 e. The first kappa shape index (κ1) is 21.3. The molecule has 0 radical (unpaired) electrons. The molecule has 5 nitrogen and oxygen atoms in total. The SMILES string of the molecule is CC(Sc1ccc(NC(=O)CC(C)(C)C)cc1)C(=O)Nc1nc2ccccc2s1. The Balaban J connectivity index is 1.55. The van der Waals surface area contributed by atoms with Gasteiger partial charge in [0.25, 0.3) is 0 Å². The molecule has 0 aliphatic carbocycles. The van der Waals surface area contributed by atoms with Crippen LogP contribution in [0.5, 0.6) is 0 Å². The molecule has 29 heavy (non-hydrogen) atoms. The second kappa shape index (κ2) is 8.97. The number of para-hydroxylation sites is 1. The molecule has 2 amide bonds. The van der Waals surface area contributed by atoms with Gasteiger partial charge in [0.2, 0.25) is 11.8 Å². The monoisotopic (exact) mass is 427 g/mol. The van der Waals surface area contributed by atoms with Gasteiger partial charge in [-0.1, -0.05) is 44.2 Å². The molecule has 0 fully saturated rings. The van der Waals surface area contributed by atoms with Crippen LogP contribution in [0.1, 0.15) is 34.1 Å². The quantitative estimate of drug-likeness (QED) is 0.488. The Morgan fingerprint density at radius 2 is 1.76 bits per heavy atom. The Kier molecular flexibility index (Phi) is 6.59. The number of carbonyl (C=O) groups excluding carboxylic acids is 2. The third-order valence-electron chi connectivity index (χ3n) is 4.04. The maximum atomic E-state index is 12.5. The van der Waals surface area contributed by atoms with Gasteiger partial charge in [0.05, 0.1) is 15.5 Å². The van der Waals surface area contributed by atoms with Crippen LogP contribution in [0.2, 0.25) is 0 Å². The van der Waals surface area contributed by atoms with E-state index in [9.17, 15) is 9.59 Å². The number of anilines is 2. The number of thiazole rings is 1. The van der Waals surface area contributed by atoms with E-state index in [0.29, 0.717) is 11.6 Å². The van der Waals surface area contributed by atoms with Crippen molar-refractivity contribution in [2.45, 2.75) is 44.3 Å². The largest absolute Gasteiger partial charge is 0.326 e. The van der Waals surface area contributed by atoms with Gasteiger partial charge in [0, 0.05) is 17.0 Å². The van der Waals surface area contributed by atoms with E-state index in [1.165, 1.54) is 23.1 Å². The molecular formula is C22H25N3O2S2. The van der Waals surface area contributed by atoms with Crippen molar-refractivity contribution < 1.29 is 9.59 Å². The molecule has 152 valence electrons. The van der Waals surface area contributed by atoms with Crippen LogP contribution in [0.3, 0.4) is 0 Å². The van der Waals surface area contributed by atoms with Gasteiger partial charge >= 0.3 is 0 Å². The van der Waals surface area contributed by atoms with E-state index in [-0.39, 0.29) is 22.5 Å². The molecule has 3 rings (SSSR count). The topological polar surface area (TPSA) is 71.1 Å². The van der Waals surface area contributed by atoms with Crippen molar-refractivity contribution in [2.75, 3.05) is 10.6 Å². The zero-order valence-electron chi connectivity index (χ0n) is 17.0. The van der Waals surface area contributed by atoms with Crippen molar-refractivity contribution in [3.63, 3.8) is 0 Å². The molecule has 0 aliphatic rings. The summed E-state index contributed by atoms with van der Waals surface area (Å²) < 4.78 is 1.05. The summed E-state index contributed by atoms with van der Waals surface area (Å²) in [5.74, 6) is -0.0851. The van der Waals surface area contributed by atoms with Gasteiger partial charge in [-0.25, -0.2) is 4.98 Å². The summed E-state index contributed by atoms with van der Waals surface area (Å²) in [6.45, 7) is 7.97. The van der Waals surface area contributed by atoms with Crippen molar-refractivity contribution in [1.82, 2.24) is 4.98 Å². The van der Waals surface area contributed by atoms with Gasteiger partial charge < -0.3 is 10.6 Å². The number of carbonyl (C=O) groups is 2. The molecule has 1 aromatic heterocycles. The van der Waals surface area contributed by atoms with E-state index in [1.54, 1.807) is 0 Å². The molecule has 0 spiro atoms. The highest BCUT2D eigenvalue weighted by molar-refractivity contribution is 8.00. The highest BCUT2D eigenvalue weighted by atomic mass is 32.2. The number of rotatable bonds is 6. The van der Waals surface area contributed by atoms with E-state index < -0.39 is 0 Å². The lowest BCUT2D eigenvalue weighted by Gasteiger charge is -2.17. The van der Waals surface area contributed by atoms with Crippen LogP contribution in [-0.4, -0.2) is 22.0 Å². The summed E-state index contributed by atoms with van der Waals surface area (Å²) in [6, 6.07) is 15.4. The van der Waals surface area contributed by atoms with Crippen LogP contribution in [0.15, 0.2) is 53.4 Å². The number of fused-ring (bicyclic) bond motifs is 1. The fraction of sp³-hybridized carbons (Fsp3) is 0.318. The Morgan fingerprint density at radius 3 is 2.41 bits per heavy atom. The molecule has 2 N–H and O–H groups in total. The summed E-state index contributed by atoms with van der Waals surface area (Å²) >= 11 is 2.94. The summed E-state index contributed by atoms with van der Waals surface area (Å²) in [5.41, 5.74) is 1.60. The number of benzene rings is 2. The molecule has 7 heteroatoms. The fourth-order valence-corrected chi connectivity index (χ4v) is 4.43. The predicted octanol–water partition coefficient (Wildman–Crippen LogP) is 5.79. The Bertz CT molecular complexity index is 974. The smallest absolute Gasteiger partial charge is 0.239 e. The predicted molar refractivity (Wildman–Crippen MR) is 123 cm³/mol. The lowest BCUT2D eigenvalue weighted by Crippen LogP contribution is -2.22. The Hall–Kier alpha value is -2.38. The van der Waals surface area contributed by atoms with Crippen LogP contribution >= 0.6 is 23.1 Å². The summed E-state index contributed by atoms with van der Waals surface area (Å²) in [4.78, 5) is 30.0. The zero-order chi connectivity index (χ0) is 21.0. The second-order valence-corrected chi connectivity index (χ2v) is 10.5. The molecule has 2 aromatic carbocycles. The van der Waals surface area contributed by atoms with Crippen molar-refractivity contribution >= 4 is 55.9 Å². The van der Waals surface area contributed by atoms with Gasteiger partial charge in [-0.05, 0) is 48.7 Å². The van der Waals surface area contributed by atoms with Crippen LogP contribution in [-0.2, 0) is 9.59 Å². The number of amides is 2. The Morgan fingerprint density at radius 1 is 1.07 bits per heavy atom. The number of nitrogens with one attached hydrogen (secondary N) is 2. The van der Waals surface area contributed by atoms with E-state index in [2.05, 4.69) is 15.6 Å². The normalized spacial score (nSPS) is 12.6. The van der Waals surface area contributed by atoms with Gasteiger partial charge in [0.15, 0.2) is 5.13 Å². The molecular weight excluding hydrogens is 402 g/mol. The molecule has 1 atom stereocenters. The van der Waals surface area contributed by atoms with Crippen LogP contribution < -0.4 is 10.6 Å². The lowest BCUT2D eigenvalue weighted by molar-refractivity contribution is -0.118. The summed E-state index contributed by atoms with van der Waals surface area (Å²) in [7, 11) is 0. The van der Waals surface area contributed by atoms with Crippen molar-refractivity contribution in [2.24, 2.45) is 5.41 Å². The molecule has 3 aromatic rings. The highest BCUT2D eigenvalue weighted by Gasteiger charge is 2.18. The minimum absolute atomic E-state index is 0.00137. The van der Waals surface area contributed by atoms with Crippen molar-refractivity contribution in [1.29, 1.82) is 0 Å². The molecule has 1 unspecified atom stereocenters. The van der Waals surface area contributed by atoms with Gasteiger partial charge in [-0.15, -0.1) is 11.8 Å². The van der Waals surface area contributed by atoms with Crippen molar-refractivity contribution in [3.8, 4) is 0 Å². The second-order valence-electron chi connectivity index (χ2n) is 8.05. The number of hydrogen-bond acceptors (Lipinski definition) is 5. The average molecular weight is 428 g/mol. The Labute approximate surface area is 179 Å². The minimum atomic E-state index is -0.275. The number of nitrogens with zero attached hydrogens (tertiary/aromatic N) is 1. The van der Waals surface area contributed by atoms with Gasteiger partial charge in [0.1, 0.15) is 0 Å². The van der Waals surface area contributed by atoms with Gasteiger partial charge in [-0.2, -0.15) is 0 Å². The molecule has 1 heterocycles. The first-order chi connectivity index (χ1) is 13.7. The third kappa shape index (κ3) is 6.30. The summed E-state index contributed by atoms with van der Waals surface area (Å²) in [5, 5.41) is 6.15. The van der Waals surface area contributed by atoms with Crippen LogP contribution in [0.25, 0.3) is 10.2 Å². The lowest BCUT2D eigenvalue weighted by atomic mass is 9.92. The molecule has 0 aliphatic heterocycles. The molecule has 0 saturated carbocycles. The molecule has 0 saturated heterocycles. The maximum absolute atomic E-state index is 12.5. The van der Waals surface area contributed by atoms with Crippen molar-refractivity contribution in [3.05, 3.63) is 48.5 Å². The maximum Gasteiger partial charge on any atom is 0.239 e. The first-order valence-electron chi connectivity index (χ1n) is 9.43. The summed E-state index contributed by atoms with van der Waals surface area (Å²) in [6.07, 6.45) is 0.465. The number of hydrogen-bond donors (Lipinski definition) is 2. The van der Waals surface area contributed by atoms with Crippen LogP contribution in [0.4, 0.5) is 10.8 Å². The third-order valence-corrected chi connectivity index (χ3v) is 6.10. The van der Waals surface area contributed by atoms with Crippen LogP contribution in [0, 0.1) is 5.41 Å².